The van der Waals surface area contributed by atoms with Crippen LogP contribution in [0.4, 0.5) is 20.6 Å². The zero-order valence-corrected chi connectivity index (χ0v) is 16.5. The molecule has 1 aliphatic heterocycles. The highest BCUT2D eigenvalue weighted by molar-refractivity contribution is 9.10. The number of nitro benzene ring substituents is 1. The third-order valence-corrected chi connectivity index (χ3v) is 5.12. The number of amides is 4. The van der Waals surface area contributed by atoms with E-state index in [2.05, 4.69) is 26.6 Å². The van der Waals surface area contributed by atoms with E-state index in [4.69, 9.17) is 0 Å². The second-order valence-electron chi connectivity index (χ2n) is 6.40. The van der Waals surface area contributed by atoms with E-state index < -0.39 is 52.0 Å². The van der Waals surface area contributed by atoms with E-state index in [1.54, 1.807) is 24.3 Å². The monoisotopic (exact) mass is 464 g/mol. The Balaban J connectivity index is 1.79. The Bertz CT molecular complexity index is 1050. The zero-order valence-electron chi connectivity index (χ0n) is 14.9. The van der Waals surface area contributed by atoms with Gasteiger partial charge in [0.2, 0.25) is 5.91 Å². The normalized spacial score (nSPS) is 18.5. The van der Waals surface area contributed by atoms with Crippen LogP contribution >= 0.6 is 15.9 Å². The van der Waals surface area contributed by atoms with Gasteiger partial charge < -0.3 is 10.6 Å². The average molecular weight is 465 g/mol. The molecule has 4 amide bonds. The molecule has 2 aromatic carbocycles. The first kappa shape index (κ1) is 20.4. The molecule has 1 fully saturated rings. The lowest BCUT2D eigenvalue weighted by Gasteiger charge is -2.23. The van der Waals surface area contributed by atoms with Crippen molar-refractivity contribution >= 4 is 45.2 Å². The van der Waals surface area contributed by atoms with E-state index in [0.717, 1.165) is 18.2 Å². The molecule has 1 saturated heterocycles. The second kappa shape index (κ2) is 7.59. The van der Waals surface area contributed by atoms with Gasteiger partial charge in [0.1, 0.15) is 17.9 Å². The van der Waals surface area contributed by atoms with Crippen molar-refractivity contribution in [3.8, 4) is 0 Å². The number of hydrogen-bond donors (Lipinski definition) is 2. The van der Waals surface area contributed by atoms with Crippen LogP contribution in [-0.4, -0.2) is 34.2 Å². The van der Waals surface area contributed by atoms with Gasteiger partial charge in [-0.1, -0.05) is 34.1 Å². The first-order chi connectivity index (χ1) is 13.6. The highest BCUT2D eigenvalue weighted by Gasteiger charge is 2.50. The van der Waals surface area contributed by atoms with Gasteiger partial charge in [0, 0.05) is 22.2 Å². The number of rotatable bonds is 5. The van der Waals surface area contributed by atoms with E-state index >= 15 is 0 Å². The molecule has 0 spiro atoms. The Kier molecular flexibility index (Phi) is 5.33. The molecule has 1 heterocycles. The molecule has 0 aromatic heterocycles. The Morgan fingerprint density at radius 2 is 2.00 bits per heavy atom. The summed E-state index contributed by atoms with van der Waals surface area (Å²) in [7, 11) is 0. The Morgan fingerprint density at radius 1 is 1.31 bits per heavy atom. The fourth-order valence-electron chi connectivity index (χ4n) is 2.95. The fourth-order valence-corrected chi connectivity index (χ4v) is 3.63. The Hall–Kier alpha value is -3.34. The highest BCUT2D eigenvalue weighted by Crippen LogP contribution is 2.33. The van der Waals surface area contributed by atoms with Crippen LogP contribution < -0.4 is 10.6 Å². The van der Waals surface area contributed by atoms with Crippen molar-refractivity contribution in [3.05, 3.63) is 68.4 Å². The van der Waals surface area contributed by atoms with Gasteiger partial charge in [-0.05, 0) is 19.1 Å². The van der Waals surface area contributed by atoms with Crippen molar-refractivity contribution in [2.45, 2.75) is 12.5 Å². The van der Waals surface area contributed by atoms with E-state index in [1.165, 1.54) is 6.92 Å². The summed E-state index contributed by atoms with van der Waals surface area (Å²) in [6.45, 7) is 0.818. The van der Waals surface area contributed by atoms with Gasteiger partial charge in [-0.15, -0.1) is 0 Å². The lowest BCUT2D eigenvalue weighted by atomic mass is 9.92. The molecule has 0 bridgehead atoms. The molecule has 2 N–H and O–H groups in total. The van der Waals surface area contributed by atoms with E-state index in [0.29, 0.717) is 14.9 Å². The molecule has 0 radical (unpaired) electrons. The maximum atomic E-state index is 13.8. The van der Waals surface area contributed by atoms with E-state index in [-0.39, 0.29) is 0 Å². The predicted octanol–water partition coefficient (Wildman–Crippen LogP) is 2.90. The topological polar surface area (TPSA) is 122 Å². The number of nitrogens with zero attached hydrogens (tertiary/aromatic N) is 2. The third-order valence-electron chi connectivity index (χ3n) is 4.42. The average Bonchev–Trinajstić information content (AvgIpc) is 2.87. The number of non-ortho nitro benzene ring substituents is 1. The smallest absolute Gasteiger partial charge is 0.322 e. The van der Waals surface area contributed by atoms with Crippen molar-refractivity contribution < 1.29 is 23.7 Å². The number of anilines is 1. The maximum absolute atomic E-state index is 13.8. The summed E-state index contributed by atoms with van der Waals surface area (Å²) in [4.78, 5) is 48.2. The van der Waals surface area contributed by atoms with Crippen LogP contribution in [0.15, 0.2) is 46.9 Å². The molecule has 1 unspecified atom stereocenters. The van der Waals surface area contributed by atoms with Crippen molar-refractivity contribution in [2.75, 3.05) is 11.9 Å². The lowest BCUT2D eigenvalue weighted by molar-refractivity contribution is -0.384. The summed E-state index contributed by atoms with van der Waals surface area (Å²) < 4.78 is 14.4. The van der Waals surface area contributed by atoms with Crippen LogP contribution in [0.1, 0.15) is 12.5 Å². The summed E-state index contributed by atoms with van der Waals surface area (Å²) >= 11 is 3.33. The number of carbonyl (C=O) groups excluding carboxylic acids is 3. The van der Waals surface area contributed by atoms with Gasteiger partial charge in [-0.3, -0.25) is 24.6 Å². The minimum Gasteiger partial charge on any atom is -0.322 e. The number of carbonyl (C=O) groups is 3. The first-order valence-corrected chi connectivity index (χ1v) is 9.05. The standard InChI is InChI=1S/C18H14BrFN4O5/c1-18(11-4-2-3-5-12(11)19)16(26)23(17(27)22-18)9-15(25)21-14-8-10(24(28)29)6-7-13(14)20/h2-8H,9H2,1H3,(H,21,25)(H,22,27). The fraction of sp³-hybridized carbons (Fsp3) is 0.167. The van der Waals surface area contributed by atoms with E-state index in [9.17, 15) is 28.9 Å². The summed E-state index contributed by atoms with van der Waals surface area (Å²) in [5.41, 5.74) is -1.73. The minimum atomic E-state index is -1.39. The summed E-state index contributed by atoms with van der Waals surface area (Å²) in [6.07, 6.45) is 0. The van der Waals surface area contributed by atoms with Gasteiger partial charge in [-0.2, -0.15) is 0 Å². The molecule has 0 saturated carbocycles. The molecule has 29 heavy (non-hydrogen) atoms. The molecule has 3 rings (SSSR count). The number of urea groups is 1. The van der Waals surface area contributed by atoms with Crippen LogP contribution in [0.2, 0.25) is 0 Å². The number of nitro groups is 1. The Morgan fingerprint density at radius 3 is 2.66 bits per heavy atom. The molecule has 1 aliphatic rings. The van der Waals surface area contributed by atoms with Crippen LogP contribution in [0.25, 0.3) is 0 Å². The molecule has 150 valence electrons. The van der Waals surface area contributed by atoms with Crippen LogP contribution in [0, 0.1) is 15.9 Å². The van der Waals surface area contributed by atoms with Crippen LogP contribution in [-0.2, 0) is 15.1 Å². The van der Waals surface area contributed by atoms with Crippen LogP contribution in [0.5, 0.6) is 0 Å². The van der Waals surface area contributed by atoms with Gasteiger partial charge in [-0.25, -0.2) is 9.18 Å². The van der Waals surface area contributed by atoms with Gasteiger partial charge in [0.25, 0.3) is 11.6 Å². The van der Waals surface area contributed by atoms with Gasteiger partial charge >= 0.3 is 6.03 Å². The van der Waals surface area contributed by atoms with Crippen LogP contribution in [0.3, 0.4) is 0 Å². The lowest BCUT2D eigenvalue weighted by Crippen LogP contribution is -2.42. The van der Waals surface area contributed by atoms with Gasteiger partial charge in [0.15, 0.2) is 0 Å². The molecular formula is C18H14BrFN4O5. The Labute approximate surface area is 172 Å². The third kappa shape index (κ3) is 3.81. The molecule has 11 heteroatoms. The SMILES string of the molecule is CC1(c2ccccc2Br)NC(=O)N(CC(=O)Nc2cc([N+](=O)[O-])ccc2F)C1=O. The number of halogens is 2. The molecule has 0 aliphatic carbocycles. The zero-order chi connectivity index (χ0) is 21.3. The number of imide groups is 1. The number of nitrogens with one attached hydrogen (secondary N) is 2. The number of hydrogen-bond acceptors (Lipinski definition) is 5. The minimum absolute atomic E-state index is 0.418. The molecular weight excluding hydrogens is 451 g/mol. The predicted molar refractivity (Wildman–Crippen MR) is 103 cm³/mol. The first-order valence-electron chi connectivity index (χ1n) is 8.26. The molecule has 2 aromatic rings. The summed E-state index contributed by atoms with van der Waals surface area (Å²) in [5.74, 6) is -2.44. The highest BCUT2D eigenvalue weighted by atomic mass is 79.9. The van der Waals surface area contributed by atoms with Crippen molar-refractivity contribution in [3.63, 3.8) is 0 Å². The second-order valence-corrected chi connectivity index (χ2v) is 7.25. The maximum Gasteiger partial charge on any atom is 0.325 e. The summed E-state index contributed by atoms with van der Waals surface area (Å²) in [5, 5.41) is 15.5. The summed E-state index contributed by atoms with van der Waals surface area (Å²) in [6, 6.07) is 8.66. The number of benzene rings is 2. The van der Waals surface area contributed by atoms with Crippen molar-refractivity contribution in [2.24, 2.45) is 0 Å². The van der Waals surface area contributed by atoms with Gasteiger partial charge in [0.05, 0.1) is 10.6 Å². The largest absolute Gasteiger partial charge is 0.325 e. The van der Waals surface area contributed by atoms with Crippen molar-refractivity contribution in [1.29, 1.82) is 0 Å². The molecule has 9 nitrogen and oxygen atoms in total. The van der Waals surface area contributed by atoms with E-state index in [1.807, 2.05) is 0 Å². The quantitative estimate of drug-likeness (QED) is 0.400. The molecule has 1 atom stereocenters. The van der Waals surface area contributed by atoms with Crippen molar-refractivity contribution in [1.82, 2.24) is 10.2 Å².